The fourth-order valence-electron chi connectivity index (χ4n) is 0.659. The first kappa shape index (κ1) is 10.4. The van der Waals surface area contributed by atoms with Gasteiger partial charge in [0.25, 0.3) is 0 Å². The Kier molecular flexibility index (Phi) is 4.86. The molecule has 66 valence electrons. The van der Waals surface area contributed by atoms with Crippen LogP contribution in [0.1, 0.15) is 20.8 Å². The molecule has 0 heterocycles. The minimum absolute atomic E-state index is 0.289. The molecule has 0 fully saturated rings. The van der Waals surface area contributed by atoms with Crippen molar-refractivity contribution < 1.29 is 4.79 Å². The molecule has 0 rings (SSSR count). The maximum absolute atomic E-state index is 10.3. The van der Waals surface area contributed by atoms with E-state index in [0.717, 1.165) is 6.54 Å². The number of rotatable bonds is 5. The minimum atomic E-state index is -0.291. The number of hydrogen-bond donors (Lipinski definition) is 2. The second-order valence-corrected chi connectivity index (χ2v) is 3.32. The average molecular weight is 158 g/mol. The lowest BCUT2D eigenvalue weighted by atomic mass is 9.98. The van der Waals surface area contributed by atoms with Gasteiger partial charge in [-0.05, 0) is 18.4 Å². The van der Waals surface area contributed by atoms with E-state index in [2.05, 4.69) is 26.1 Å². The van der Waals surface area contributed by atoms with Crippen LogP contribution in [-0.4, -0.2) is 19.0 Å². The van der Waals surface area contributed by atoms with Crippen LogP contribution in [0.5, 0.6) is 0 Å². The van der Waals surface area contributed by atoms with E-state index in [-0.39, 0.29) is 12.5 Å². The highest BCUT2D eigenvalue weighted by Crippen LogP contribution is 2.06. The van der Waals surface area contributed by atoms with Crippen LogP contribution in [-0.2, 0) is 4.79 Å². The van der Waals surface area contributed by atoms with Crippen molar-refractivity contribution in [3.05, 3.63) is 0 Å². The summed E-state index contributed by atoms with van der Waals surface area (Å²) < 4.78 is 0. The van der Waals surface area contributed by atoms with Crippen molar-refractivity contribution in [2.75, 3.05) is 13.1 Å². The van der Waals surface area contributed by atoms with Gasteiger partial charge in [0.2, 0.25) is 5.91 Å². The molecule has 0 aromatic rings. The van der Waals surface area contributed by atoms with Crippen LogP contribution < -0.4 is 11.1 Å². The van der Waals surface area contributed by atoms with Crippen molar-refractivity contribution in [2.45, 2.75) is 20.8 Å². The van der Waals surface area contributed by atoms with Gasteiger partial charge in [-0.3, -0.25) is 4.79 Å². The lowest BCUT2D eigenvalue weighted by Gasteiger charge is -2.14. The quantitative estimate of drug-likeness (QED) is 0.606. The van der Waals surface area contributed by atoms with Gasteiger partial charge < -0.3 is 11.1 Å². The van der Waals surface area contributed by atoms with Crippen LogP contribution in [0, 0.1) is 11.8 Å². The van der Waals surface area contributed by atoms with Crippen LogP contribution in [0.4, 0.5) is 0 Å². The van der Waals surface area contributed by atoms with Crippen LogP contribution in [0.2, 0.25) is 0 Å². The molecule has 1 amide bonds. The first-order valence-electron chi connectivity index (χ1n) is 4.03. The van der Waals surface area contributed by atoms with Crippen LogP contribution in [0.3, 0.4) is 0 Å². The Morgan fingerprint density at radius 3 is 2.36 bits per heavy atom. The fraction of sp³-hybridized carbons (Fsp3) is 0.875. The fourth-order valence-corrected chi connectivity index (χ4v) is 0.659. The third-order valence-corrected chi connectivity index (χ3v) is 1.90. The molecule has 1 unspecified atom stereocenters. The third kappa shape index (κ3) is 5.85. The number of nitrogens with two attached hydrogens (primary N) is 1. The molecule has 0 aliphatic rings. The summed E-state index contributed by atoms with van der Waals surface area (Å²) in [6.07, 6.45) is 0. The average Bonchev–Trinajstić information content (AvgIpc) is 1.86. The van der Waals surface area contributed by atoms with E-state index in [9.17, 15) is 4.79 Å². The summed E-state index contributed by atoms with van der Waals surface area (Å²) in [6, 6.07) is 0. The minimum Gasteiger partial charge on any atom is -0.369 e. The molecule has 0 aromatic heterocycles. The summed E-state index contributed by atoms with van der Waals surface area (Å²) in [5.74, 6) is 0.950. The normalized spacial score (nSPS) is 13.5. The number of carbonyl (C=O) groups excluding carboxylic acids is 1. The SMILES string of the molecule is CC(C)C(C)CNCC(N)=O. The van der Waals surface area contributed by atoms with Gasteiger partial charge in [0.15, 0.2) is 0 Å². The Bertz CT molecular complexity index is 123. The number of primary amides is 1. The smallest absolute Gasteiger partial charge is 0.231 e. The highest BCUT2D eigenvalue weighted by molar-refractivity contribution is 5.75. The zero-order valence-corrected chi connectivity index (χ0v) is 7.55. The third-order valence-electron chi connectivity index (χ3n) is 1.90. The van der Waals surface area contributed by atoms with Gasteiger partial charge in [-0.2, -0.15) is 0 Å². The number of nitrogens with one attached hydrogen (secondary N) is 1. The zero-order chi connectivity index (χ0) is 8.85. The van der Waals surface area contributed by atoms with Crippen molar-refractivity contribution in [1.29, 1.82) is 0 Å². The summed E-state index contributed by atoms with van der Waals surface area (Å²) in [4.78, 5) is 10.3. The highest BCUT2D eigenvalue weighted by atomic mass is 16.1. The van der Waals surface area contributed by atoms with E-state index in [0.29, 0.717) is 11.8 Å². The van der Waals surface area contributed by atoms with Crippen LogP contribution in [0.25, 0.3) is 0 Å². The van der Waals surface area contributed by atoms with E-state index in [1.165, 1.54) is 0 Å². The van der Waals surface area contributed by atoms with E-state index >= 15 is 0 Å². The number of carbonyl (C=O) groups is 1. The summed E-state index contributed by atoms with van der Waals surface area (Å²) in [6.45, 7) is 7.63. The van der Waals surface area contributed by atoms with E-state index in [1.807, 2.05) is 0 Å². The topological polar surface area (TPSA) is 55.1 Å². The molecule has 0 saturated carbocycles. The van der Waals surface area contributed by atoms with E-state index in [4.69, 9.17) is 5.73 Å². The molecule has 11 heavy (non-hydrogen) atoms. The van der Waals surface area contributed by atoms with Gasteiger partial charge in [-0.1, -0.05) is 20.8 Å². The monoisotopic (exact) mass is 158 g/mol. The molecule has 0 spiro atoms. The lowest BCUT2D eigenvalue weighted by molar-refractivity contribution is -0.117. The molecular formula is C8H18N2O. The zero-order valence-electron chi connectivity index (χ0n) is 7.55. The largest absolute Gasteiger partial charge is 0.369 e. The van der Waals surface area contributed by atoms with Crippen molar-refractivity contribution in [3.8, 4) is 0 Å². The van der Waals surface area contributed by atoms with Crippen molar-refractivity contribution in [3.63, 3.8) is 0 Å². The molecule has 3 N–H and O–H groups in total. The maximum Gasteiger partial charge on any atom is 0.231 e. The summed E-state index contributed by atoms with van der Waals surface area (Å²) in [5.41, 5.74) is 4.95. The Balaban J connectivity index is 3.31. The maximum atomic E-state index is 10.3. The van der Waals surface area contributed by atoms with Crippen LogP contribution >= 0.6 is 0 Å². The molecule has 3 nitrogen and oxygen atoms in total. The Morgan fingerprint density at radius 2 is 2.00 bits per heavy atom. The predicted molar refractivity (Wildman–Crippen MR) is 46.1 cm³/mol. The molecule has 0 aromatic carbocycles. The van der Waals surface area contributed by atoms with Crippen LogP contribution in [0.15, 0.2) is 0 Å². The Labute approximate surface area is 68.3 Å². The molecular weight excluding hydrogens is 140 g/mol. The van der Waals surface area contributed by atoms with E-state index in [1.54, 1.807) is 0 Å². The van der Waals surface area contributed by atoms with Gasteiger partial charge in [0.1, 0.15) is 0 Å². The van der Waals surface area contributed by atoms with Crippen molar-refractivity contribution in [2.24, 2.45) is 17.6 Å². The first-order chi connectivity index (χ1) is 5.04. The standard InChI is InChI=1S/C8H18N2O/c1-6(2)7(3)4-10-5-8(9)11/h6-7,10H,4-5H2,1-3H3,(H2,9,11). The van der Waals surface area contributed by atoms with Crippen molar-refractivity contribution in [1.82, 2.24) is 5.32 Å². The first-order valence-corrected chi connectivity index (χ1v) is 4.03. The highest BCUT2D eigenvalue weighted by Gasteiger charge is 2.05. The summed E-state index contributed by atoms with van der Waals surface area (Å²) in [7, 11) is 0. The molecule has 0 radical (unpaired) electrons. The number of amides is 1. The summed E-state index contributed by atoms with van der Waals surface area (Å²) >= 11 is 0. The van der Waals surface area contributed by atoms with Gasteiger partial charge >= 0.3 is 0 Å². The van der Waals surface area contributed by atoms with Gasteiger partial charge in [-0.25, -0.2) is 0 Å². The molecule has 0 aliphatic heterocycles. The molecule has 0 bridgehead atoms. The predicted octanol–water partition coefficient (Wildman–Crippen LogP) is 0.353. The molecule has 0 aliphatic carbocycles. The second kappa shape index (κ2) is 5.13. The van der Waals surface area contributed by atoms with Crippen molar-refractivity contribution >= 4 is 5.91 Å². The van der Waals surface area contributed by atoms with E-state index < -0.39 is 0 Å². The summed E-state index contributed by atoms with van der Waals surface area (Å²) in [5, 5.41) is 2.99. The van der Waals surface area contributed by atoms with Gasteiger partial charge in [-0.15, -0.1) is 0 Å². The van der Waals surface area contributed by atoms with Gasteiger partial charge in [0.05, 0.1) is 6.54 Å². The molecule has 1 atom stereocenters. The van der Waals surface area contributed by atoms with Gasteiger partial charge in [0, 0.05) is 0 Å². The Morgan fingerprint density at radius 1 is 1.45 bits per heavy atom. The molecule has 0 saturated heterocycles. The Hall–Kier alpha value is -0.570. The lowest BCUT2D eigenvalue weighted by Crippen LogP contribution is -2.32. The second-order valence-electron chi connectivity index (χ2n) is 3.32. The molecule has 3 heteroatoms. The number of hydrogen-bond acceptors (Lipinski definition) is 2.